The third kappa shape index (κ3) is 3.05. The highest BCUT2D eigenvalue weighted by molar-refractivity contribution is 5.97. The van der Waals surface area contributed by atoms with Crippen molar-refractivity contribution in [2.75, 3.05) is 18.0 Å². The molecule has 0 saturated carbocycles. The van der Waals surface area contributed by atoms with Crippen LogP contribution in [0.25, 0.3) is 16.6 Å². The largest absolute Gasteiger partial charge is 0.365 e. The number of nitrogens with zero attached hydrogens (tertiary/aromatic N) is 3. The van der Waals surface area contributed by atoms with Gasteiger partial charge in [-0.1, -0.05) is 50.2 Å². The SMILES string of the molecule is CC1CC(C)CN(c2c([N+](=O)[O-])c(=O)n(-c3ccccc3)c3ccccc23)C1. The van der Waals surface area contributed by atoms with Crippen molar-refractivity contribution < 1.29 is 4.92 Å². The van der Waals surface area contributed by atoms with Gasteiger partial charge in [-0.3, -0.25) is 19.5 Å². The van der Waals surface area contributed by atoms with Gasteiger partial charge in [-0.2, -0.15) is 0 Å². The van der Waals surface area contributed by atoms with Crippen LogP contribution < -0.4 is 10.5 Å². The molecule has 6 heteroatoms. The zero-order valence-corrected chi connectivity index (χ0v) is 16.0. The second-order valence-corrected chi connectivity index (χ2v) is 7.80. The molecule has 0 aliphatic carbocycles. The van der Waals surface area contributed by atoms with Crippen LogP contribution in [-0.4, -0.2) is 22.6 Å². The average Bonchev–Trinajstić information content (AvgIpc) is 2.66. The predicted molar refractivity (Wildman–Crippen MR) is 111 cm³/mol. The summed E-state index contributed by atoms with van der Waals surface area (Å²) >= 11 is 0. The van der Waals surface area contributed by atoms with E-state index in [-0.39, 0.29) is 5.69 Å². The highest BCUT2D eigenvalue weighted by Gasteiger charge is 2.33. The number of piperidine rings is 1. The molecule has 1 aromatic heterocycles. The van der Waals surface area contributed by atoms with Crippen LogP contribution in [0.5, 0.6) is 0 Å². The Kier molecular flexibility index (Phi) is 4.63. The Labute approximate surface area is 163 Å². The fourth-order valence-electron chi connectivity index (χ4n) is 4.48. The van der Waals surface area contributed by atoms with Crippen LogP contribution in [0.4, 0.5) is 11.4 Å². The number of nitro groups is 1. The smallest absolute Gasteiger partial charge is 0.358 e. The summed E-state index contributed by atoms with van der Waals surface area (Å²) in [4.78, 5) is 26.9. The number of pyridine rings is 1. The fourth-order valence-corrected chi connectivity index (χ4v) is 4.48. The molecular weight excluding hydrogens is 354 g/mol. The van der Waals surface area contributed by atoms with Crippen molar-refractivity contribution in [1.82, 2.24) is 4.57 Å². The lowest BCUT2D eigenvalue weighted by Gasteiger charge is -2.36. The Morgan fingerprint density at radius 2 is 1.57 bits per heavy atom. The molecule has 0 radical (unpaired) electrons. The number of rotatable bonds is 3. The molecule has 0 spiro atoms. The maximum Gasteiger partial charge on any atom is 0.358 e. The summed E-state index contributed by atoms with van der Waals surface area (Å²) in [5.74, 6) is 0.831. The Balaban J connectivity index is 2.08. The predicted octanol–water partition coefficient (Wildman–Crippen LogP) is 4.38. The average molecular weight is 377 g/mol. The van der Waals surface area contributed by atoms with E-state index in [2.05, 4.69) is 13.8 Å². The molecule has 3 aromatic rings. The Morgan fingerprint density at radius 3 is 2.21 bits per heavy atom. The van der Waals surface area contributed by atoms with E-state index in [4.69, 9.17) is 0 Å². The molecule has 2 atom stereocenters. The monoisotopic (exact) mass is 377 g/mol. The minimum absolute atomic E-state index is 0.344. The van der Waals surface area contributed by atoms with E-state index in [1.54, 1.807) is 12.1 Å². The third-order valence-corrected chi connectivity index (χ3v) is 5.41. The first-order chi connectivity index (χ1) is 13.5. The fraction of sp³-hybridized carbons (Fsp3) is 0.318. The first kappa shape index (κ1) is 18.2. The summed E-state index contributed by atoms with van der Waals surface area (Å²) in [7, 11) is 0. The van der Waals surface area contributed by atoms with Crippen molar-refractivity contribution in [2.45, 2.75) is 20.3 Å². The molecule has 2 aromatic carbocycles. The minimum Gasteiger partial charge on any atom is -0.365 e. The second-order valence-electron chi connectivity index (χ2n) is 7.80. The highest BCUT2D eigenvalue weighted by Crippen LogP contribution is 2.37. The number of benzene rings is 2. The summed E-state index contributed by atoms with van der Waals surface area (Å²) in [5.41, 5.74) is 0.833. The minimum atomic E-state index is -0.587. The van der Waals surface area contributed by atoms with Gasteiger partial charge in [0.1, 0.15) is 5.69 Å². The van der Waals surface area contributed by atoms with Gasteiger partial charge in [0, 0.05) is 24.2 Å². The van der Waals surface area contributed by atoms with Gasteiger partial charge < -0.3 is 4.90 Å². The van der Waals surface area contributed by atoms with Gasteiger partial charge in [-0.25, -0.2) is 0 Å². The van der Waals surface area contributed by atoms with E-state index in [9.17, 15) is 14.9 Å². The normalized spacial score (nSPS) is 19.7. The van der Waals surface area contributed by atoms with Crippen molar-refractivity contribution >= 4 is 22.3 Å². The quantitative estimate of drug-likeness (QED) is 0.502. The van der Waals surface area contributed by atoms with Crippen LogP contribution in [0.3, 0.4) is 0 Å². The number of para-hydroxylation sites is 2. The van der Waals surface area contributed by atoms with E-state index >= 15 is 0 Å². The molecule has 2 unspecified atom stereocenters. The van der Waals surface area contributed by atoms with Gasteiger partial charge >= 0.3 is 11.2 Å². The first-order valence-corrected chi connectivity index (χ1v) is 9.60. The van der Waals surface area contributed by atoms with Crippen molar-refractivity contribution in [3.63, 3.8) is 0 Å². The van der Waals surface area contributed by atoms with Gasteiger partial charge in [0.15, 0.2) is 0 Å². The molecule has 0 N–H and O–H groups in total. The lowest BCUT2D eigenvalue weighted by Crippen LogP contribution is -2.40. The summed E-state index contributed by atoms with van der Waals surface area (Å²) in [6.07, 6.45) is 1.09. The van der Waals surface area contributed by atoms with Crippen LogP contribution in [0.2, 0.25) is 0 Å². The lowest BCUT2D eigenvalue weighted by molar-refractivity contribution is -0.385. The van der Waals surface area contributed by atoms with Crippen molar-refractivity contribution in [3.8, 4) is 5.69 Å². The third-order valence-electron chi connectivity index (χ3n) is 5.41. The summed E-state index contributed by atoms with van der Waals surface area (Å²) in [6.45, 7) is 5.73. The molecule has 1 aliphatic rings. The Bertz CT molecular complexity index is 1080. The van der Waals surface area contributed by atoms with Crippen molar-refractivity contribution in [2.24, 2.45) is 11.8 Å². The van der Waals surface area contributed by atoms with Gasteiger partial charge in [-0.05, 0) is 36.5 Å². The number of aromatic nitrogens is 1. The van der Waals surface area contributed by atoms with E-state index in [1.807, 2.05) is 47.4 Å². The zero-order valence-electron chi connectivity index (χ0n) is 16.0. The summed E-state index contributed by atoms with van der Waals surface area (Å²) < 4.78 is 1.45. The first-order valence-electron chi connectivity index (χ1n) is 9.60. The van der Waals surface area contributed by atoms with Gasteiger partial charge in [0.25, 0.3) is 0 Å². The molecule has 1 fully saturated rings. The van der Waals surface area contributed by atoms with Crippen LogP contribution in [-0.2, 0) is 0 Å². The van der Waals surface area contributed by atoms with Crippen LogP contribution in [0.15, 0.2) is 59.4 Å². The molecular formula is C22H23N3O3. The summed E-state index contributed by atoms with van der Waals surface area (Å²) in [5, 5.41) is 12.8. The van der Waals surface area contributed by atoms with Gasteiger partial charge in [0.05, 0.1) is 10.4 Å². The topological polar surface area (TPSA) is 68.4 Å². The molecule has 144 valence electrons. The molecule has 1 aliphatic heterocycles. The molecule has 6 nitrogen and oxygen atoms in total. The Morgan fingerprint density at radius 1 is 0.964 bits per heavy atom. The van der Waals surface area contributed by atoms with Gasteiger partial charge in [0.2, 0.25) is 0 Å². The number of anilines is 1. The standard InChI is InChI=1S/C22H23N3O3/c1-15-12-16(2)14-23(13-15)20-18-10-6-7-11-19(18)24(17-8-4-3-5-9-17)22(26)21(20)25(27)28/h3-11,15-16H,12-14H2,1-2H3. The van der Waals surface area contributed by atoms with Crippen LogP contribution in [0.1, 0.15) is 20.3 Å². The second kappa shape index (κ2) is 7.11. The molecule has 0 bridgehead atoms. The molecule has 2 heterocycles. The van der Waals surface area contributed by atoms with E-state index in [1.165, 1.54) is 4.57 Å². The molecule has 1 saturated heterocycles. The van der Waals surface area contributed by atoms with Crippen LogP contribution >= 0.6 is 0 Å². The number of hydrogen-bond donors (Lipinski definition) is 0. The molecule has 28 heavy (non-hydrogen) atoms. The summed E-state index contributed by atoms with van der Waals surface area (Å²) in [6, 6.07) is 16.5. The maximum atomic E-state index is 13.3. The molecule has 4 rings (SSSR count). The van der Waals surface area contributed by atoms with E-state index in [0.29, 0.717) is 41.8 Å². The van der Waals surface area contributed by atoms with Gasteiger partial charge in [-0.15, -0.1) is 0 Å². The number of hydrogen-bond acceptors (Lipinski definition) is 4. The van der Waals surface area contributed by atoms with E-state index < -0.39 is 10.5 Å². The maximum absolute atomic E-state index is 13.3. The number of fused-ring (bicyclic) bond motifs is 1. The van der Waals surface area contributed by atoms with Crippen LogP contribution in [0, 0.1) is 22.0 Å². The molecule has 0 amide bonds. The van der Waals surface area contributed by atoms with Crippen molar-refractivity contribution in [3.05, 3.63) is 75.1 Å². The van der Waals surface area contributed by atoms with E-state index in [0.717, 1.165) is 11.8 Å². The lowest BCUT2D eigenvalue weighted by atomic mass is 9.91. The Hall–Kier alpha value is -3.15. The zero-order chi connectivity index (χ0) is 19.8. The highest BCUT2D eigenvalue weighted by atomic mass is 16.6. The van der Waals surface area contributed by atoms with Crippen molar-refractivity contribution in [1.29, 1.82) is 0 Å².